The van der Waals surface area contributed by atoms with Crippen molar-refractivity contribution in [3.05, 3.63) is 30.1 Å². The molecule has 6 nitrogen and oxygen atoms in total. The Hall–Kier alpha value is -2.76. The van der Waals surface area contributed by atoms with Gasteiger partial charge in [-0.05, 0) is 51.0 Å². The summed E-state index contributed by atoms with van der Waals surface area (Å²) < 4.78 is 7.31. The van der Waals surface area contributed by atoms with Crippen LogP contribution in [0.5, 0.6) is 5.75 Å². The van der Waals surface area contributed by atoms with Crippen molar-refractivity contribution in [2.24, 2.45) is 0 Å². The van der Waals surface area contributed by atoms with Gasteiger partial charge in [0.15, 0.2) is 0 Å². The molecule has 4 N–H and O–H groups in total. The molecule has 0 amide bonds. The Morgan fingerprint density at radius 3 is 2.42 bits per heavy atom. The lowest BCUT2D eigenvalue weighted by Crippen LogP contribution is -2.23. The highest BCUT2D eigenvalue weighted by molar-refractivity contribution is 6.06. The van der Waals surface area contributed by atoms with Crippen molar-refractivity contribution in [3.63, 3.8) is 0 Å². The van der Waals surface area contributed by atoms with Crippen molar-refractivity contribution in [2.75, 3.05) is 18.6 Å². The van der Waals surface area contributed by atoms with Crippen LogP contribution in [0.3, 0.4) is 0 Å². The molecular weight excluding hydrogens is 302 g/mol. The minimum atomic E-state index is -0.234. The Balaban J connectivity index is 2.43. The summed E-state index contributed by atoms with van der Waals surface area (Å²) in [5.41, 5.74) is 16.2. The SMILES string of the molecule is COc1ccc(-c2c(N)n(C(C)(C)C)c3ncnc(N)c23)c(C)c1. The third kappa shape index (κ3) is 2.35. The molecule has 0 saturated heterocycles. The Kier molecular flexibility index (Phi) is 3.63. The predicted octanol–water partition coefficient (Wildman–Crippen LogP) is 3.33. The summed E-state index contributed by atoms with van der Waals surface area (Å²) in [5.74, 6) is 1.87. The van der Waals surface area contributed by atoms with E-state index >= 15 is 0 Å². The second kappa shape index (κ2) is 5.40. The van der Waals surface area contributed by atoms with Gasteiger partial charge < -0.3 is 20.8 Å². The lowest BCUT2D eigenvalue weighted by molar-refractivity contribution is 0.414. The maximum atomic E-state index is 6.55. The average molecular weight is 325 g/mol. The molecular formula is C18H23N5O. The Bertz CT molecular complexity index is 921. The lowest BCUT2D eigenvalue weighted by Gasteiger charge is -2.24. The molecule has 0 atom stereocenters. The minimum Gasteiger partial charge on any atom is -0.497 e. The topological polar surface area (TPSA) is 92.0 Å². The summed E-state index contributed by atoms with van der Waals surface area (Å²) in [5, 5.41) is 0.790. The van der Waals surface area contributed by atoms with Crippen LogP contribution in [-0.2, 0) is 5.54 Å². The van der Waals surface area contributed by atoms with Crippen LogP contribution >= 0.6 is 0 Å². The van der Waals surface area contributed by atoms with Gasteiger partial charge >= 0.3 is 0 Å². The van der Waals surface area contributed by atoms with Crippen LogP contribution in [0.15, 0.2) is 24.5 Å². The van der Waals surface area contributed by atoms with Crippen LogP contribution in [-0.4, -0.2) is 21.6 Å². The molecule has 6 heteroatoms. The van der Waals surface area contributed by atoms with E-state index in [0.717, 1.165) is 33.5 Å². The highest BCUT2D eigenvalue weighted by Crippen LogP contribution is 2.42. The van der Waals surface area contributed by atoms with E-state index in [1.807, 2.05) is 29.7 Å². The first-order valence-electron chi connectivity index (χ1n) is 7.81. The number of methoxy groups -OCH3 is 1. The molecule has 0 aliphatic carbocycles. The molecule has 0 fully saturated rings. The van der Waals surface area contributed by atoms with Gasteiger partial charge in [0.1, 0.15) is 29.4 Å². The summed E-state index contributed by atoms with van der Waals surface area (Å²) in [4.78, 5) is 8.61. The number of fused-ring (bicyclic) bond motifs is 1. The first-order valence-corrected chi connectivity index (χ1v) is 7.81. The first-order chi connectivity index (χ1) is 11.3. The molecule has 0 bridgehead atoms. The fraction of sp³-hybridized carbons (Fsp3) is 0.333. The van der Waals surface area contributed by atoms with Crippen molar-refractivity contribution in [1.29, 1.82) is 0 Å². The van der Waals surface area contributed by atoms with Gasteiger partial charge in [0.2, 0.25) is 0 Å². The summed E-state index contributed by atoms with van der Waals surface area (Å²) in [7, 11) is 1.65. The van der Waals surface area contributed by atoms with E-state index in [1.165, 1.54) is 6.33 Å². The molecule has 0 aliphatic rings. The van der Waals surface area contributed by atoms with Crippen LogP contribution in [0.2, 0.25) is 0 Å². The maximum absolute atomic E-state index is 6.55. The van der Waals surface area contributed by atoms with Crippen molar-refractivity contribution in [1.82, 2.24) is 14.5 Å². The quantitative estimate of drug-likeness (QED) is 0.754. The number of rotatable bonds is 2. The third-order valence-corrected chi connectivity index (χ3v) is 4.19. The molecule has 0 spiro atoms. The second-order valence-corrected chi connectivity index (χ2v) is 6.90. The molecule has 24 heavy (non-hydrogen) atoms. The molecule has 0 aliphatic heterocycles. The lowest BCUT2D eigenvalue weighted by atomic mass is 9.99. The molecule has 3 rings (SSSR count). The summed E-state index contributed by atoms with van der Waals surface area (Å²) in [6.45, 7) is 8.29. The van der Waals surface area contributed by atoms with E-state index in [1.54, 1.807) is 7.11 Å². The first kappa shape index (κ1) is 16.1. The van der Waals surface area contributed by atoms with Gasteiger partial charge in [-0.1, -0.05) is 6.07 Å². The van der Waals surface area contributed by atoms with Crippen LogP contribution in [0, 0.1) is 6.92 Å². The van der Waals surface area contributed by atoms with E-state index in [4.69, 9.17) is 16.2 Å². The number of nitrogens with zero attached hydrogens (tertiary/aromatic N) is 3. The Morgan fingerprint density at radius 1 is 1.12 bits per heavy atom. The van der Waals surface area contributed by atoms with Crippen molar-refractivity contribution >= 4 is 22.7 Å². The van der Waals surface area contributed by atoms with Gasteiger partial charge in [0.05, 0.1) is 12.5 Å². The average Bonchev–Trinajstić information content (AvgIpc) is 2.80. The van der Waals surface area contributed by atoms with E-state index in [9.17, 15) is 0 Å². The van der Waals surface area contributed by atoms with E-state index in [-0.39, 0.29) is 5.54 Å². The minimum absolute atomic E-state index is 0.234. The van der Waals surface area contributed by atoms with Crippen molar-refractivity contribution in [3.8, 4) is 16.9 Å². The number of nitrogens with two attached hydrogens (primary N) is 2. The monoisotopic (exact) mass is 325 g/mol. The maximum Gasteiger partial charge on any atom is 0.148 e. The largest absolute Gasteiger partial charge is 0.497 e. The third-order valence-electron chi connectivity index (χ3n) is 4.19. The van der Waals surface area contributed by atoms with Crippen LogP contribution in [0.4, 0.5) is 11.6 Å². The number of hydrogen-bond acceptors (Lipinski definition) is 5. The number of benzene rings is 1. The summed E-state index contributed by atoms with van der Waals surface area (Å²) >= 11 is 0. The number of anilines is 2. The van der Waals surface area contributed by atoms with Crippen molar-refractivity contribution in [2.45, 2.75) is 33.2 Å². The van der Waals surface area contributed by atoms with Gasteiger partial charge in [-0.3, -0.25) is 0 Å². The Labute approximate surface area is 141 Å². The number of aryl methyl sites for hydroxylation is 1. The van der Waals surface area contributed by atoms with E-state index < -0.39 is 0 Å². The number of aromatic nitrogens is 3. The summed E-state index contributed by atoms with van der Waals surface area (Å²) in [6, 6.07) is 5.90. The molecule has 0 radical (unpaired) electrons. The van der Waals surface area contributed by atoms with E-state index in [0.29, 0.717) is 11.6 Å². The molecule has 0 saturated carbocycles. The van der Waals surface area contributed by atoms with Crippen LogP contribution in [0.1, 0.15) is 26.3 Å². The van der Waals surface area contributed by atoms with Gasteiger partial charge in [-0.15, -0.1) is 0 Å². The van der Waals surface area contributed by atoms with Gasteiger partial charge in [-0.2, -0.15) is 0 Å². The fourth-order valence-electron chi connectivity index (χ4n) is 3.15. The number of ether oxygens (including phenoxy) is 1. The smallest absolute Gasteiger partial charge is 0.148 e. The zero-order valence-electron chi connectivity index (χ0n) is 14.7. The van der Waals surface area contributed by atoms with Gasteiger partial charge in [0, 0.05) is 11.1 Å². The fourth-order valence-corrected chi connectivity index (χ4v) is 3.15. The molecule has 1 aromatic carbocycles. The summed E-state index contributed by atoms with van der Waals surface area (Å²) in [6.07, 6.45) is 1.48. The molecule has 2 heterocycles. The van der Waals surface area contributed by atoms with Gasteiger partial charge in [0.25, 0.3) is 0 Å². The van der Waals surface area contributed by atoms with Gasteiger partial charge in [-0.25, -0.2) is 9.97 Å². The zero-order valence-corrected chi connectivity index (χ0v) is 14.7. The number of hydrogen-bond donors (Lipinski definition) is 2. The molecule has 0 unspecified atom stereocenters. The predicted molar refractivity (Wildman–Crippen MR) is 98.1 cm³/mol. The highest BCUT2D eigenvalue weighted by atomic mass is 16.5. The van der Waals surface area contributed by atoms with E-state index in [2.05, 4.69) is 30.7 Å². The van der Waals surface area contributed by atoms with Crippen molar-refractivity contribution < 1.29 is 4.74 Å². The van der Waals surface area contributed by atoms with Crippen LogP contribution in [0.25, 0.3) is 22.2 Å². The molecule has 126 valence electrons. The number of nitrogen functional groups attached to an aromatic ring is 2. The normalized spacial score (nSPS) is 11.9. The zero-order chi connectivity index (χ0) is 17.6. The van der Waals surface area contributed by atoms with Crippen LogP contribution < -0.4 is 16.2 Å². The second-order valence-electron chi connectivity index (χ2n) is 6.90. The standard InChI is InChI=1S/C18H23N5O/c1-10-8-11(24-5)6-7-12(10)13-14-15(19)21-9-22-17(14)23(16(13)20)18(2,3)4/h6-9H,20H2,1-5H3,(H2,19,21,22). The Morgan fingerprint density at radius 2 is 1.83 bits per heavy atom. The highest BCUT2D eigenvalue weighted by Gasteiger charge is 2.27. The molecule has 3 aromatic rings. The molecule has 2 aromatic heterocycles.